The summed E-state index contributed by atoms with van der Waals surface area (Å²) in [5.41, 5.74) is 2.30. The Balaban J connectivity index is 1.50. The Kier molecular flexibility index (Phi) is 7.25. The largest absolute Gasteiger partial charge is 0.506 e. The van der Waals surface area contributed by atoms with Crippen LogP contribution >= 0.6 is 0 Å². The second-order valence-corrected chi connectivity index (χ2v) is 6.87. The van der Waals surface area contributed by atoms with Gasteiger partial charge in [-0.15, -0.1) is 0 Å². The molecular formula is C22H27NO4. The van der Waals surface area contributed by atoms with Crippen molar-refractivity contribution in [2.75, 3.05) is 26.2 Å². The summed E-state index contributed by atoms with van der Waals surface area (Å²) in [4.78, 5) is 13.0. The summed E-state index contributed by atoms with van der Waals surface area (Å²) in [6.07, 6.45) is 1.21. The van der Waals surface area contributed by atoms with Gasteiger partial charge in [0.05, 0.1) is 0 Å². The van der Waals surface area contributed by atoms with E-state index in [4.69, 9.17) is 14.6 Å². The quantitative estimate of drug-likeness (QED) is 0.554. The van der Waals surface area contributed by atoms with E-state index in [1.165, 1.54) is 0 Å². The molecule has 0 aliphatic carbocycles. The summed E-state index contributed by atoms with van der Waals surface area (Å²) in [5.74, 6) is 0. The van der Waals surface area contributed by atoms with Crippen molar-refractivity contribution in [3.05, 3.63) is 71.8 Å². The molecule has 5 nitrogen and oxygen atoms in total. The normalized spacial score (nSPS) is 17.7. The molecule has 2 aromatic rings. The number of nitrogens with zero attached hydrogens (tertiary/aromatic N) is 1. The van der Waals surface area contributed by atoms with E-state index in [2.05, 4.69) is 29.2 Å². The molecule has 1 saturated heterocycles. The van der Waals surface area contributed by atoms with Crippen molar-refractivity contribution in [1.29, 1.82) is 0 Å². The molecule has 0 saturated carbocycles. The lowest BCUT2D eigenvalue weighted by atomic mass is 10.0. The Labute approximate surface area is 160 Å². The highest BCUT2D eigenvalue weighted by Gasteiger charge is 2.22. The Bertz CT molecular complexity index is 652. The molecule has 1 aliphatic heterocycles. The number of carbonyl (C=O) groups is 1. The van der Waals surface area contributed by atoms with Crippen LogP contribution < -0.4 is 0 Å². The fraction of sp³-hybridized carbons (Fsp3) is 0.409. The zero-order valence-electron chi connectivity index (χ0n) is 15.5. The minimum Gasteiger partial charge on any atom is -0.450 e. The average Bonchev–Trinajstić information content (AvgIpc) is 2.69. The van der Waals surface area contributed by atoms with Gasteiger partial charge in [0.1, 0.15) is 12.2 Å². The van der Waals surface area contributed by atoms with Crippen LogP contribution in [0.15, 0.2) is 60.7 Å². The third-order valence-electron chi connectivity index (χ3n) is 4.84. The van der Waals surface area contributed by atoms with Gasteiger partial charge in [0.2, 0.25) is 0 Å². The van der Waals surface area contributed by atoms with Crippen molar-refractivity contribution in [1.82, 2.24) is 4.90 Å². The first kappa shape index (κ1) is 19.4. The maximum atomic E-state index is 10.7. The van der Waals surface area contributed by atoms with Crippen LogP contribution in [0.1, 0.15) is 36.5 Å². The van der Waals surface area contributed by atoms with Crippen LogP contribution in [0, 0.1) is 0 Å². The first-order valence-corrected chi connectivity index (χ1v) is 9.56. The lowest BCUT2D eigenvalue weighted by molar-refractivity contribution is 0.00938. The minimum atomic E-state index is -1.18. The molecule has 5 heteroatoms. The van der Waals surface area contributed by atoms with E-state index in [9.17, 15) is 4.79 Å². The number of carboxylic acid groups (broad SMARTS) is 1. The van der Waals surface area contributed by atoms with Crippen LogP contribution in [0.2, 0.25) is 0 Å². The second kappa shape index (κ2) is 10.1. The highest BCUT2D eigenvalue weighted by molar-refractivity contribution is 5.57. The highest BCUT2D eigenvalue weighted by atomic mass is 16.7. The number of ether oxygens (including phenoxy) is 2. The van der Waals surface area contributed by atoms with E-state index >= 15 is 0 Å². The van der Waals surface area contributed by atoms with E-state index in [1.807, 2.05) is 36.4 Å². The highest BCUT2D eigenvalue weighted by Crippen LogP contribution is 2.26. The molecule has 1 fully saturated rings. The Morgan fingerprint density at radius 2 is 1.70 bits per heavy atom. The van der Waals surface area contributed by atoms with Gasteiger partial charge in [0, 0.05) is 19.7 Å². The third-order valence-corrected chi connectivity index (χ3v) is 4.84. The van der Waals surface area contributed by atoms with E-state index in [-0.39, 0.29) is 12.2 Å². The number of piperidine rings is 1. The van der Waals surface area contributed by atoms with Crippen molar-refractivity contribution in [3.63, 3.8) is 0 Å². The summed E-state index contributed by atoms with van der Waals surface area (Å²) in [5, 5.41) is 8.78. The molecule has 1 unspecified atom stereocenters. The molecule has 0 spiro atoms. The molecule has 3 rings (SSSR count). The predicted octanol–water partition coefficient (Wildman–Crippen LogP) is 4.34. The third kappa shape index (κ3) is 6.08. The summed E-state index contributed by atoms with van der Waals surface area (Å²) in [6.45, 7) is 3.19. The molecule has 0 amide bonds. The van der Waals surface area contributed by atoms with Crippen LogP contribution in [0.3, 0.4) is 0 Å². The summed E-state index contributed by atoms with van der Waals surface area (Å²) < 4.78 is 11.2. The van der Waals surface area contributed by atoms with Gasteiger partial charge < -0.3 is 14.6 Å². The molecule has 1 heterocycles. The number of hydrogen-bond donors (Lipinski definition) is 1. The Morgan fingerprint density at radius 3 is 2.30 bits per heavy atom. The average molecular weight is 369 g/mol. The molecular weight excluding hydrogens is 342 g/mol. The van der Waals surface area contributed by atoms with Crippen molar-refractivity contribution in [2.45, 2.75) is 31.5 Å². The lowest BCUT2D eigenvalue weighted by Crippen LogP contribution is -2.41. The van der Waals surface area contributed by atoms with Gasteiger partial charge in [0.25, 0.3) is 0 Å². The van der Waals surface area contributed by atoms with Gasteiger partial charge in [-0.2, -0.15) is 0 Å². The first-order valence-electron chi connectivity index (χ1n) is 9.56. The molecule has 2 aromatic carbocycles. The number of benzene rings is 2. The van der Waals surface area contributed by atoms with Crippen LogP contribution in [0.25, 0.3) is 0 Å². The van der Waals surface area contributed by atoms with Crippen molar-refractivity contribution < 1.29 is 19.4 Å². The van der Waals surface area contributed by atoms with Crippen molar-refractivity contribution in [3.8, 4) is 0 Å². The monoisotopic (exact) mass is 369 g/mol. The number of rotatable bonds is 8. The first-order chi connectivity index (χ1) is 13.2. The summed E-state index contributed by atoms with van der Waals surface area (Å²) in [7, 11) is 0. The van der Waals surface area contributed by atoms with E-state index in [0.29, 0.717) is 13.2 Å². The number of likely N-dealkylation sites (tertiary alicyclic amines) is 1. The standard InChI is InChI=1S/C22H27NO4/c24-22(25)27-20-13-7-14-23(17-20)15-8-16-26-21(18-9-3-1-4-10-18)19-11-5-2-6-12-19/h1-6,9-12,20-21H,7-8,13-17H2,(H,24,25). The smallest absolute Gasteiger partial charge is 0.450 e. The van der Waals surface area contributed by atoms with Crippen LogP contribution in [-0.4, -0.2) is 48.5 Å². The Morgan fingerprint density at radius 1 is 1.07 bits per heavy atom. The van der Waals surface area contributed by atoms with Gasteiger partial charge in [-0.3, -0.25) is 4.90 Å². The fourth-order valence-electron chi connectivity index (χ4n) is 3.58. The maximum absolute atomic E-state index is 10.7. The molecule has 0 aromatic heterocycles. The van der Waals surface area contributed by atoms with E-state index in [0.717, 1.165) is 43.5 Å². The summed E-state index contributed by atoms with van der Waals surface area (Å²) in [6, 6.07) is 20.5. The topological polar surface area (TPSA) is 59.0 Å². The number of hydrogen-bond acceptors (Lipinski definition) is 4. The van der Waals surface area contributed by atoms with E-state index < -0.39 is 6.16 Å². The molecule has 1 atom stereocenters. The van der Waals surface area contributed by atoms with Gasteiger partial charge in [-0.25, -0.2) is 4.79 Å². The van der Waals surface area contributed by atoms with Crippen molar-refractivity contribution in [2.24, 2.45) is 0 Å². The maximum Gasteiger partial charge on any atom is 0.506 e. The van der Waals surface area contributed by atoms with Crippen LogP contribution in [0.4, 0.5) is 4.79 Å². The molecule has 27 heavy (non-hydrogen) atoms. The zero-order chi connectivity index (χ0) is 18.9. The fourth-order valence-corrected chi connectivity index (χ4v) is 3.58. The van der Waals surface area contributed by atoms with Gasteiger partial charge in [0.15, 0.2) is 0 Å². The Hall–Kier alpha value is -2.37. The van der Waals surface area contributed by atoms with Gasteiger partial charge in [-0.05, 0) is 36.9 Å². The molecule has 0 radical (unpaired) electrons. The van der Waals surface area contributed by atoms with E-state index in [1.54, 1.807) is 0 Å². The predicted molar refractivity (Wildman–Crippen MR) is 104 cm³/mol. The van der Waals surface area contributed by atoms with Gasteiger partial charge in [-0.1, -0.05) is 60.7 Å². The zero-order valence-corrected chi connectivity index (χ0v) is 15.5. The van der Waals surface area contributed by atoms with Crippen LogP contribution in [0.5, 0.6) is 0 Å². The molecule has 1 aliphatic rings. The minimum absolute atomic E-state index is 0.0724. The SMILES string of the molecule is O=C(O)OC1CCCN(CCCOC(c2ccccc2)c2ccccc2)C1. The van der Waals surface area contributed by atoms with Crippen LogP contribution in [-0.2, 0) is 9.47 Å². The van der Waals surface area contributed by atoms with Crippen molar-refractivity contribution >= 4 is 6.16 Å². The molecule has 0 bridgehead atoms. The van der Waals surface area contributed by atoms with Gasteiger partial charge >= 0.3 is 6.16 Å². The molecule has 1 N–H and O–H groups in total. The summed E-state index contributed by atoms with van der Waals surface area (Å²) >= 11 is 0. The second-order valence-electron chi connectivity index (χ2n) is 6.87. The lowest BCUT2D eigenvalue weighted by Gasteiger charge is -2.31. The molecule has 144 valence electrons.